The van der Waals surface area contributed by atoms with Crippen LogP contribution in [0, 0.1) is 5.82 Å². The Morgan fingerprint density at radius 1 is 1.38 bits per heavy atom. The predicted octanol–water partition coefficient (Wildman–Crippen LogP) is 2.78. The maximum Gasteiger partial charge on any atom is 0.146 e. The van der Waals surface area contributed by atoms with Crippen molar-refractivity contribution in [3.8, 4) is 0 Å². The molecule has 0 fully saturated rings. The predicted molar refractivity (Wildman–Crippen MR) is 67.3 cm³/mol. The van der Waals surface area contributed by atoms with Gasteiger partial charge >= 0.3 is 0 Å². The molecule has 2 nitrogen and oxygen atoms in total. The molecular weight excluding hydrogens is 203 g/mol. The summed E-state index contributed by atoms with van der Waals surface area (Å²) in [4.78, 5) is 1.78. The number of rotatable bonds is 5. The lowest BCUT2D eigenvalue weighted by Crippen LogP contribution is -2.24. The Morgan fingerprint density at radius 2 is 2.06 bits per heavy atom. The first kappa shape index (κ1) is 13.0. The maximum atomic E-state index is 13.6. The Labute approximate surface area is 97.5 Å². The molecule has 16 heavy (non-hydrogen) atoms. The Kier molecular flexibility index (Phi) is 4.74. The summed E-state index contributed by atoms with van der Waals surface area (Å²) >= 11 is 0. The molecule has 1 unspecified atom stereocenters. The summed E-state index contributed by atoms with van der Waals surface area (Å²) in [6.07, 6.45) is 1.08. The largest absolute Gasteiger partial charge is 0.375 e. The van der Waals surface area contributed by atoms with Crippen molar-refractivity contribution in [2.75, 3.05) is 19.0 Å². The van der Waals surface area contributed by atoms with Gasteiger partial charge < -0.3 is 10.2 Å². The van der Waals surface area contributed by atoms with Crippen LogP contribution < -0.4 is 10.2 Å². The molecule has 90 valence electrons. The van der Waals surface area contributed by atoms with Gasteiger partial charge in [0.15, 0.2) is 0 Å². The smallest absolute Gasteiger partial charge is 0.146 e. The van der Waals surface area contributed by atoms with Crippen molar-refractivity contribution in [3.63, 3.8) is 0 Å². The van der Waals surface area contributed by atoms with Gasteiger partial charge in [-0.3, -0.25) is 0 Å². The van der Waals surface area contributed by atoms with Crippen LogP contribution in [0.4, 0.5) is 10.1 Å². The number of hydrogen-bond acceptors (Lipinski definition) is 2. The summed E-state index contributed by atoms with van der Waals surface area (Å²) in [5.74, 6) is -0.159. The van der Waals surface area contributed by atoms with Gasteiger partial charge in [-0.1, -0.05) is 13.0 Å². The second-order valence-electron chi connectivity index (χ2n) is 4.37. The van der Waals surface area contributed by atoms with E-state index in [1.807, 2.05) is 26.2 Å². The summed E-state index contributed by atoms with van der Waals surface area (Å²) < 4.78 is 13.6. The summed E-state index contributed by atoms with van der Waals surface area (Å²) in [6.45, 7) is 4.98. The van der Waals surface area contributed by atoms with Crippen LogP contribution in [0.25, 0.3) is 0 Å². The molecule has 1 atom stereocenters. The van der Waals surface area contributed by atoms with Crippen LogP contribution in [0.3, 0.4) is 0 Å². The third kappa shape index (κ3) is 3.49. The molecular formula is C13H21FN2. The van der Waals surface area contributed by atoms with E-state index in [1.54, 1.807) is 11.0 Å². The first-order valence-corrected chi connectivity index (χ1v) is 5.73. The zero-order valence-corrected chi connectivity index (χ0v) is 10.5. The monoisotopic (exact) mass is 224 g/mol. The van der Waals surface area contributed by atoms with Gasteiger partial charge in [-0.25, -0.2) is 4.39 Å². The molecule has 0 radical (unpaired) electrons. The molecule has 0 saturated heterocycles. The summed E-state index contributed by atoms with van der Waals surface area (Å²) in [5, 5.41) is 3.34. The van der Waals surface area contributed by atoms with Gasteiger partial charge in [-0.05, 0) is 31.0 Å². The SMILES string of the molecule is CCC(C)NCc1ccc(N(C)C)c(F)c1. The van der Waals surface area contributed by atoms with E-state index in [0.717, 1.165) is 18.5 Å². The van der Waals surface area contributed by atoms with Gasteiger partial charge in [0.25, 0.3) is 0 Å². The van der Waals surface area contributed by atoms with E-state index < -0.39 is 0 Å². The van der Waals surface area contributed by atoms with Gasteiger partial charge in [0.2, 0.25) is 0 Å². The van der Waals surface area contributed by atoms with Crippen molar-refractivity contribution in [2.24, 2.45) is 0 Å². The lowest BCUT2D eigenvalue weighted by atomic mass is 10.1. The number of halogens is 1. The topological polar surface area (TPSA) is 15.3 Å². The van der Waals surface area contributed by atoms with Crippen LogP contribution in [0.5, 0.6) is 0 Å². The third-order valence-electron chi connectivity index (χ3n) is 2.76. The maximum absolute atomic E-state index is 13.6. The molecule has 0 saturated carbocycles. The highest BCUT2D eigenvalue weighted by Gasteiger charge is 2.05. The second-order valence-corrected chi connectivity index (χ2v) is 4.37. The highest BCUT2D eigenvalue weighted by molar-refractivity contribution is 5.47. The molecule has 0 spiro atoms. The van der Waals surface area contributed by atoms with E-state index in [1.165, 1.54) is 0 Å². The third-order valence-corrected chi connectivity index (χ3v) is 2.76. The second kappa shape index (κ2) is 5.85. The first-order chi connectivity index (χ1) is 7.54. The molecule has 1 aromatic carbocycles. The van der Waals surface area contributed by atoms with Crippen molar-refractivity contribution in [2.45, 2.75) is 32.9 Å². The standard InChI is InChI=1S/C13H21FN2/c1-5-10(2)15-9-11-6-7-13(16(3)4)12(14)8-11/h6-8,10,15H,5,9H2,1-4H3. The molecule has 0 bridgehead atoms. The Hall–Kier alpha value is -1.09. The van der Waals surface area contributed by atoms with Crippen LogP contribution in [0.15, 0.2) is 18.2 Å². The highest BCUT2D eigenvalue weighted by atomic mass is 19.1. The Bertz CT molecular complexity index is 337. The molecule has 0 heterocycles. The van der Waals surface area contributed by atoms with Crippen molar-refractivity contribution >= 4 is 5.69 Å². The quantitative estimate of drug-likeness (QED) is 0.827. The minimum atomic E-state index is -0.159. The zero-order valence-electron chi connectivity index (χ0n) is 10.5. The van der Waals surface area contributed by atoms with Gasteiger partial charge in [0.05, 0.1) is 5.69 Å². The fourth-order valence-electron chi connectivity index (χ4n) is 1.46. The number of benzene rings is 1. The van der Waals surface area contributed by atoms with Crippen molar-refractivity contribution in [1.29, 1.82) is 0 Å². The zero-order chi connectivity index (χ0) is 12.1. The van der Waals surface area contributed by atoms with E-state index in [9.17, 15) is 4.39 Å². The van der Waals surface area contributed by atoms with Crippen LogP contribution in [-0.4, -0.2) is 20.1 Å². The highest BCUT2D eigenvalue weighted by Crippen LogP contribution is 2.18. The van der Waals surface area contributed by atoms with Gasteiger partial charge in [-0.15, -0.1) is 0 Å². The van der Waals surface area contributed by atoms with E-state index >= 15 is 0 Å². The van der Waals surface area contributed by atoms with E-state index in [-0.39, 0.29) is 5.82 Å². The fourth-order valence-corrected chi connectivity index (χ4v) is 1.46. The van der Waals surface area contributed by atoms with Gasteiger partial charge in [0, 0.05) is 26.7 Å². The van der Waals surface area contributed by atoms with Crippen LogP contribution in [-0.2, 0) is 6.54 Å². The molecule has 1 aromatic rings. The molecule has 0 aliphatic rings. The molecule has 1 rings (SSSR count). The van der Waals surface area contributed by atoms with Crippen LogP contribution in [0.2, 0.25) is 0 Å². The number of anilines is 1. The van der Waals surface area contributed by atoms with Crippen molar-refractivity contribution in [1.82, 2.24) is 5.32 Å². The number of nitrogens with zero attached hydrogens (tertiary/aromatic N) is 1. The van der Waals surface area contributed by atoms with Gasteiger partial charge in [-0.2, -0.15) is 0 Å². The number of nitrogens with one attached hydrogen (secondary N) is 1. The van der Waals surface area contributed by atoms with Crippen molar-refractivity contribution in [3.05, 3.63) is 29.6 Å². The van der Waals surface area contributed by atoms with E-state index in [0.29, 0.717) is 11.7 Å². The van der Waals surface area contributed by atoms with E-state index in [2.05, 4.69) is 19.2 Å². The van der Waals surface area contributed by atoms with Crippen molar-refractivity contribution < 1.29 is 4.39 Å². The lowest BCUT2D eigenvalue weighted by Gasteiger charge is -2.15. The molecule has 1 N–H and O–H groups in total. The lowest BCUT2D eigenvalue weighted by molar-refractivity contribution is 0.532. The molecule has 3 heteroatoms. The Balaban J connectivity index is 2.66. The minimum absolute atomic E-state index is 0.159. The van der Waals surface area contributed by atoms with Gasteiger partial charge in [0.1, 0.15) is 5.82 Å². The molecule has 0 amide bonds. The van der Waals surface area contributed by atoms with Crippen LogP contribution >= 0.6 is 0 Å². The van der Waals surface area contributed by atoms with E-state index in [4.69, 9.17) is 0 Å². The first-order valence-electron chi connectivity index (χ1n) is 5.73. The normalized spacial score (nSPS) is 12.6. The Morgan fingerprint density at radius 3 is 2.56 bits per heavy atom. The fraction of sp³-hybridized carbons (Fsp3) is 0.538. The summed E-state index contributed by atoms with van der Waals surface area (Å²) in [6, 6.07) is 5.86. The van der Waals surface area contributed by atoms with Crippen LogP contribution in [0.1, 0.15) is 25.8 Å². The average molecular weight is 224 g/mol. The molecule has 0 aromatic heterocycles. The molecule has 0 aliphatic carbocycles. The summed E-state index contributed by atoms with van der Waals surface area (Å²) in [5.41, 5.74) is 1.62. The number of hydrogen-bond donors (Lipinski definition) is 1. The average Bonchev–Trinajstić information content (AvgIpc) is 2.25. The summed E-state index contributed by atoms with van der Waals surface area (Å²) in [7, 11) is 3.69. The minimum Gasteiger partial charge on any atom is -0.375 e. The molecule has 0 aliphatic heterocycles.